The molecule has 1 aromatic heterocycles. The standard InChI is InChI=1S/C25H36N4O2S/c1-7-15-29-23-14-13-21(32(30,31)28(5)6)16-22(23)27-24(29)17-26-25(18(3)4)20-11-9-19(8-2)10-12-20/h9-14,16,18,25-26H,7-8,15,17H2,1-6H3/t25-/m1/s1. The van der Waals surface area contributed by atoms with Gasteiger partial charge in [0.05, 0.1) is 22.5 Å². The number of hydrogen-bond donors (Lipinski definition) is 1. The van der Waals surface area contributed by atoms with Gasteiger partial charge in [0.1, 0.15) is 5.82 Å². The number of fused-ring (bicyclic) bond motifs is 1. The van der Waals surface area contributed by atoms with Crippen LogP contribution in [0, 0.1) is 5.92 Å². The zero-order valence-corrected chi connectivity index (χ0v) is 20.9. The van der Waals surface area contributed by atoms with Gasteiger partial charge in [-0.3, -0.25) is 0 Å². The first-order chi connectivity index (χ1) is 15.2. The number of rotatable bonds is 10. The molecule has 0 unspecified atom stereocenters. The maximum atomic E-state index is 12.6. The Morgan fingerprint density at radius 2 is 1.75 bits per heavy atom. The van der Waals surface area contributed by atoms with Crippen molar-refractivity contribution in [3.63, 3.8) is 0 Å². The number of benzene rings is 2. The van der Waals surface area contributed by atoms with Crippen molar-refractivity contribution in [1.29, 1.82) is 0 Å². The average molecular weight is 457 g/mol. The summed E-state index contributed by atoms with van der Waals surface area (Å²) in [5.74, 6) is 1.35. The Kier molecular flexibility index (Phi) is 7.75. The molecular formula is C25H36N4O2S. The van der Waals surface area contributed by atoms with Crippen molar-refractivity contribution in [2.75, 3.05) is 14.1 Å². The molecule has 3 rings (SSSR count). The summed E-state index contributed by atoms with van der Waals surface area (Å²) < 4.78 is 28.6. The van der Waals surface area contributed by atoms with Crippen LogP contribution >= 0.6 is 0 Å². The van der Waals surface area contributed by atoms with Crippen LogP contribution in [0.3, 0.4) is 0 Å². The molecule has 2 aromatic carbocycles. The van der Waals surface area contributed by atoms with Crippen LogP contribution in [0.5, 0.6) is 0 Å². The van der Waals surface area contributed by atoms with Gasteiger partial charge < -0.3 is 9.88 Å². The number of imidazole rings is 1. The molecule has 0 aliphatic carbocycles. The molecule has 0 amide bonds. The first-order valence-corrected chi connectivity index (χ1v) is 12.9. The van der Waals surface area contributed by atoms with Crippen molar-refractivity contribution in [2.24, 2.45) is 5.92 Å². The number of aromatic nitrogens is 2. The van der Waals surface area contributed by atoms with Crippen LogP contribution in [-0.4, -0.2) is 36.4 Å². The SMILES string of the molecule is CCCn1c(CN[C@@H](c2ccc(CC)cc2)C(C)C)nc2cc(S(=O)(=O)N(C)C)ccc21. The molecular weight excluding hydrogens is 420 g/mol. The van der Waals surface area contributed by atoms with Gasteiger partial charge in [-0.2, -0.15) is 0 Å². The molecule has 1 N–H and O–H groups in total. The van der Waals surface area contributed by atoms with E-state index in [4.69, 9.17) is 4.98 Å². The third-order valence-electron chi connectivity index (χ3n) is 5.92. The first kappa shape index (κ1) is 24.4. The van der Waals surface area contributed by atoms with E-state index in [1.54, 1.807) is 26.2 Å². The van der Waals surface area contributed by atoms with Gasteiger partial charge in [-0.1, -0.05) is 52.0 Å². The van der Waals surface area contributed by atoms with Gasteiger partial charge in [0.15, 0.2) is 0 Å². The lowest BCUT2D eigenvalue weighted by Gasteiger charge is -2.23. The van der Waals surface area contributed by atoms with Gasteiger partial charge in [0.25, 0.3) is 0 Å². The van der Waals surface area contributed by atoms with E-state index in [-0.39, 0.29) is 10.9 Å². The van der Waals surface area contributed by atoms with Crippen molar-refractivity contribution >= 4 is 21.1 Å². The lowest BCUT2D eigenvalue weighted by Crippen LogP contribution is -2.27. The van der Waals surface area contributed by atoms with E-state index in [0.29, 0.717) is 18.0 Å². The molecule has 0 aliphatic heterocycles. The van der Waals surface area contributed by atoms with Gasteiger partial charge in [0, 0.05) is 26.7 Å². The number of sulfonamides is 1. The highest BCUT2D eigenvalue weighted by molar-refractivity contribution is 7.89. The zero-order valence-electron chi connectivity index (χ0n) is 20.1. The van der Waals surface area contributed by atoms with Gasteiger partial charge in [-0.15, -0.1) is 0 Å². The largest absolute Gasteiger partial charge is 0.327 e. The van der Waals surface area contributed by atoms with Crippen molar-refractivity contribution in [3.05, 3.63) is 59.4 Å². The molecule has 1 atom stereocenters. The van der Waals surface area contributed by atoms with Crippen LogP contribution in [0.15, 0.2) is 47.4 Å². The second-order valence-electron chi connectivity index (χ2n) is 8.82. The van der Waals surface area contributed by atoms with Crippen LogP contribution in [0.1, 0.15) is 57.1 Å². The summed E-state index contributed by atoms with van der Waals surface area (Å²) >= 11 is 0. The molecule has 0 fully saturated rings. The van der Waals surface area contributed by atoms with Crippen molar-refractivity contribution in [1.82, 2.24) is 19.2 Å². The molecule has 6 nitrogen and oxygen atoms in total. The molecule has 0 spiro atoms. The summed E-state index contributed by atoms with van der Waals surface area (Å²) in [7, 11) is -0.404. The number of hydrogen-bond acceptors (Lipinski definition) is 4. The Labute approximate surface area is 192 Å². The summed E-state index contributed by atoms with van der Waals surface area (Å²) in [4.78, 5) is 5.10. The van der Waals surface area contributed by atoms with E-state index in [9.17, 15) is 8.42 Å². The Morgan fingerprint density at radius 3 is 2.31 bits per heavy atom. The van der Waals surface area contributed by atoms with Crippen molar-refractivity contribution in [2.45, 2.75) is 64.6 Å². The van der Waals surface area contributed by atoms with Gasteiger partial charge >= 0.3 is 0 Å². The van der Waals surface area contributed by atoms with Crippen LogP contribution in [0.2, 0.25) is 0 Å². The van der Waals surface area contributed by atoms with Gasteiger partial charge in [-0.05, 0) is 48.1 Å². The molecule has 7 heteroatoms. The normalized spacial score (nSPS) is 13.4. The Hall–Kier alpha value is -2.22. The minimum atomic E-state index is -3.49. The predicted octanol–water partition coefficient (Wildman–Crippen LogP) is 4.75. The van der Waals surface area contributed by atoms with Crippen LogP contribution in [0.4, 0.5) is 0 Å². The Balaban J connectivity index is 1.93. The minimum Gasteiger partial charge on any atom is -0.327 e. The highest BCUT2D eigenvalue weighted by Crippen LogP contribution is 2.25. The topological polar surface area (TPSA) is 67.2 Å². The quantitative estimate of drug-likeness (QED) is 0.478. The average Bonchev–Trinajstić information content (AvgIpc) is 3.11. The maximum Gasteiger partial charge on any atom is 0.242 e. The fourth-order valence-corrected chi connectivity index (χ4v) is 4.96. The minimum absolute atomic E-state index is 0.209. The number of aryl methyl sites for hydroxylation is 2. The third-order valence-corrected chi connectivity index (χ3v) is 7.73. The van der Waals surface area contributed by atoms with Crippen LogP contribution in [-0.2, 0) is 29.5 Å². The van der Waals surface area contributed by atoms with Crippen molar-refractivity contribution in [3.8, 4) is 0 Å². The van der Waals surface area contributed by atoms with E-state index in [1.807, 2.05) is 6.07 Å². The molecule has 0 radical (unpaired) electrons. The second-order valence-corrected chi connectivity index (χ2v) is 11.0. The molecule has 32 heavy (non-hydrogen) atoms. The summed E-state index contributed by atoms with van der Waals surface area (Å²) in [6, 6.07) is 14.3. The van der Waals surface area contributed by atoms with E-state index in [0.717, 1.165) is 30.7 Å². The zero-order chi connectivity index (χ0) is 23.5. The molecule has 0 saturated heterocycles. The van der Waals surface area contributed by atoms with Crippen molar-refractivity contribution < 1.29 is 8.42 Å². The molecule has 0 aliphatic rings. The lowest BCUT2D eigenvalue weighted by atomic mass is 9.95. The third kappa shape index (κ3) is 5.05. The molecule has 3 aromatic rings. The highest BCUT2D eigenvalue weighted by atomic mass is 32.2. The Bertz CT molecular complexity index is 1150. The summed E-state index contributed by atoms with van der Waals surface area (Å²) in [5, 5.41) is 3.70. The summed E-state index contributed by atoms with van der Waals surface area (Å²) in [6.07, 6.45) is 2.01. The molecule has 1 heterocycles. The monoisotopic (exact) mass is 456 g/mol. The molecule has 0 saturated carbocycles. The smallest absolute Gasteiger partial charge is 0.242 e. The molecule has 0 bridgehead atoms. The first-order valence-electron chi connectivity index (χ1n) is 11.4. The summed E-state index contributed by atoms with van der Waals surface area (Å²) in [5.41, 5.74) is 4.29. The maximum absolute atomic E-state index is 12.6. The fourth-order valence-electron chi connectivity index (χ4n) is 4.04. The Morgan fingerprint density at radius 1 is 1.06 bits per heavy atom. The number of nitrogens with one attached hydrogen (secondary N) is 1. The van der Waals surface area contributed by atoms with Gasteiger partial charge in [-0.25, -0.2) is 17.7 Å². The highest BCUT2D eigenvalue weighted by Gasteiger charge is 2.21. The van der Waals surface area contributed by atoms with Crippen LogP contribution in [0.25, 0.3) is 11.0 Å². The van der Waals surface area contributed by atoms with E-state index < -0.39 is 10.0 Å². The fraction of sp³-hybridized carbons (Fsp3) is 0.480. The number of nitrogens with zero attached hydrogens (tertiary/aromatic N) is 3. The molecule has 174 valence electrons. The van der Waals surface area contributed by atoms with Gasteiger partial charge in [0.2, 0.25) is 10.0 Å². The van der Waals surface area contributed by atoms with E-state index >= 15 is 0 Å². The second kappa shape index (κ2) is 10.1. The van der Waals surface area contributed by atoms with E-state index in [2.05, 4.69) is 61.8 Å². The predicted molar refractivity (Wildman–Crippen MR) is 131 cm³/mol. The van der Waals surface area contributed by atoms with Crippen LogP contribution < -0.4 is 5.32 Å². The van der Waals surface area contributed by atoms with E-state index in [1.165, 1.54) is 15.4 Å². The summed E-state index contributed by atoms with van der Waals surface area (Å²) in [6.45, 7) is 10.2. The lowest BCUT2D eigenvalue weighted by molar-refractivity contribution is 0.402.